The van der Waals surface area contributed by atoms with Gasteiger partial charge >= 0.3 is 6.03 Å². The Kier molecular flexibility index (Phi) is 8.30. The summed E-state index contributed by atoms with van der Waals surface area (Å²) in [6.45, 7) is 4.02. The number of likely N-dealkylation sites (tertiary alicyclic amines) is 1. The molecule has 1 fully saturated rings. The van der Waals surface area contributed by atoms with E-state index in [0.29, 0.717) is 19.6 Å². The molecule has 0 radical (unpaired) electrons. The Hall–Kier alpha value is -2.76. The van der Waals surface area contributed by atoms with Crippen molar-refractivity contribution < 1.29 is 4.79 Å². The fourth-order valence-corrected chi connectivity index (χ4v) is 6.75. The first-order valence-electron chi connectivity index (χ1n) is 12.3. The van der Waals surface area contributed by atoms with Crippen molar-refractivity contribution in [2.75, 3.05) is 19.6 Å². The standard InChI is InChI=1S/C29H35N3OS/c1-2-3-19-31-28(33)32-22-27(20-26(32)21-30)34-29(23-13-7-4-8-14-23,24-15-9-5-10-16-24)25-17-11-6-12-18-25/h4-18,26-27H,2-3,19-22,30H2,1H3,(H,31,33)/t26-,27+/m0/s1. The second kappa shape index (κ2) is 11.6. The van der Waals surface area contributed by atoms with Crippen LogP contribution in [0.25, 0.3) is 0 Å². The smallest absolute Gasteiger partial charge is 0.317 e. The predicted octanol–water partition coefficient (Wildman–Crippen LogP) is 5.62. The van der Waals surface area contributed by atoms with E-state index in [1.54, 1.807) is 0 Å². The number of benzene rings is 3. The lowest BCUT2D eigenvalue weighted by atomic mass is 9.84. The van der Waals surface area contributed by atoms with Gasteiger partial charge in [0.25, 0.3) is 0 Å². The molecule has 178 valence electrons. The third kappa shape index (κ3) is 5.16. The minimum absolute atomic E-state index is 0.0109. The molecule has 1 saturated heterocycles. The molecule has 0 spiro atoms. The number of amides is 2. The molecular weight excluding hydrogens is 438 g/mol. The summed E-state index contributed by atoms with van der Waals surface area (Å²) in [5.41, 5.74) is 9.87. The molecule has 0 unspecified atom stereocenters. The van der Waals surface area contributed by atoms with Gasteiger partial charge in [0, 0.05) is 30.9 Å². The molecule has 3 N–H and O–H groups in total. The molecule has 4 nitrogen and oxygen atoms in total. The van der Waals surface area contributed by atoms with Crippen LogP contribution in [0.2, 0.25) is 0 Å². The first-order valence-corrected chi connectivity index (χ1v) is 13.2. The number of nitrogens with one attached hydrogen (secondary N) is 1. The Morgan fingerprint density at radius 2 is 1.44 bits per heavy atom. The number of unbranched alkanes of at least 4 members (excludes halogenated alkanes) is 1. The molecule has 1 heterocycles. The van der Waals surface area contributed by atoms with Crippen molar-refractivity contribution in [3.8, 4) is 0 Å². The number of hydrogen-bond acceptors (Lipinski definition) is 3. The summed E-state index contributed by atoms with van der Waals surface area (Å²) in [4.78, 5) is 14.9. The Morgan fingerprint density at radius 3 is 1.88 bits per heavy atom. The van der Waals surface area contributed by atoms with Gasteiger partial charge < -0.3 is 16.0 Å². The Morgan fingerprint density at radius 1 is 0.941 bits per heavy atom. The van der Waals surface area contributed by atoms with Gasteiger partial charge in [-0.3, -0.25) is 0 Å². The molecule has 34 heavy (non-hydrogen) atoms. The largest absolute Gasteiger partial charge is 0.338 e. The van der Waals surface area contributed by atoms with Crippen LogP contribution >= 0.6 is 11.8 Å². The molecule has 4 rings (SSSR count). The lowest BCUT2D eigenvalue weighted by Gasteiger charge is -2.37. The SMILES string of the molecule is CCCCNC(=O)N1C[C@H](SC(c2ccccc2)(c2ccccc2)c2ccccc2)C[C@H]1CN. The third-order valence-corrected chi connectivity index (χ3v) is 8.34. The van der Waals surface area contributed by atoms with Crippen LogP contribution in [-0.2, 0) is 4.75 Å². The number of nitrogens with zero attached hydrogens (tertiary/aromatic N) is 1. The van der Waals surface area contributed by atoms with E-state index in [1.807, 2.05) is 16.7 Å². The van der Waals surface area contributed by atoms with Crippen LogP contribution in [0.3, 0.4) is 0 Å². The highest BCUT2D eigenvalue weighted by atomic mass is 32.2. The number of urea groups is 1. The van der Waals surface area contributed by atoms with Gasteiger partial charge in [0.2, 0.25) is 0 Å². The maximum Gasteiger partial charge on any atom is 0.317 e. The monoisotopic (exact) mass is 473 g/mol. The van der Waals surface area contributed by atoms with Crippen molar-refractivity contribution in [2.45, 2.75) is 42.2 Å². The average Bonchev–Trinajstić information content (AvgIpc) is 3.32. The van der Waals surface area contributed by atoms with Crippen LogP contribution in [0.15, 0.2) is 91.0 Å². The van der Waals surface area contributed by atoms with Gasteiger partial charge in [0.15, 0.2) is 0 Å². The zero-order valence-electron chi connectivity index (χ0n) is 19.9. The topological polar surface area (TPSA) is 58.4 Å². The summed E-state index contributed by atoms with van der Waals surface area (Å²) in [6.07, 6.45) is 2.94. The van der Waals surface area contributed by atoms with Crippen molar-refractivity contribution in [3.63, 3.8) is 0 Å². The summed E-state index contributed by atoms with van der Waals surface area (Å²) in [5, 5.41) is 3.35. The summed E-state index contributed by atoms with van der Waals surface area (Å²) in [6, 6.07) is 32.3. The molecule has 2 atom stereocenters. The molecule has 5 heteroatoms. The quantitative estimate of drug-likeness (QED) is 0.313. The first-order chi connectivity index (χ1) is 16.7. The van der Waals surface area contributed by atoms with Crippen molar-refractivity contribution >= 4 is 17.8 Å². The van der Waals surface area contributed by atoms with Crippen molar-refractivity contribution in [1.82, 2.24) is 10.2 Å². The van der Waals surface area contributed by atoms with Crippen molar-refractivity contribution in [1.29, 1.82) is 0 Å². The Bertz CT molecular complexity index is 932. The number of nitrogens with two attached hydrogens (primary N) is 1. The van der Waals surface area contributed by atoms with Gasteiger partial charge in [-0.2, -0.15) is 0 Å². The van der Waals surface area contributed by atoms with Crippen molar-refractivity contribution in [2.24, 2.45) is 5.73 Å². The molecule has 3 aromatic rings. The molecular formula is C29H35N3OS. The maximum absolute atomic E-state index is 13.0. The van der Waals surface area contributed by atoms with E-state index in [4.69, 9.17) is 5.73 Å². The zero-order valence-corrected chi connectivity index (χ0v) is 20.7. The maximum atomic E-state index is 13.0. The van der Waals surface area contributed by atoms with Gasteiger partial charge in [-0.1, -0.05) is 104 Å². The lowest BCUT2D eigenvalue weighted by Crippen LogP contribution is -2.46. The zero-order chi connectivity index (χ0) is 23.8. The van der Waals surface area contributed by atoms with E-state index < -0.39 is 0 Å². The Labute approximate surface area is 207 Å². The van der Waals surface area contributed by atoms with Gasteiger partial charge in [0.1, 0.15) is 0 Å². The highest BCUT2D eigenvalue weighted by molar-refractivity contribution is 8.01. The minimum Gasteiger partial charge on any atom is -0.338 e. The summed E-state index contributed by atoms with van der Waals surface area (Å²) < 4.78 is -0.387. The van der Waals surface area contributed by atoms with E-state index in [9.17, 15) is 4.79 Å². The number of carbonyl (C=O) groups excluding carboxylic acids is 1. The Balaban J connectivity index is 1.72. The molecule has 2 amide bonds. The second-order valence-corrected chi connectivity index (χ2v) is 10.4. The van der Waals surface area contributed by atoms with Gasteiger partial charge in [0.05, 0.1) is 4.75 Å². The second-order valence-electron chi connectivity index (χ2n) is 8.88. The van der Waals surface area contributed by atoms with Crippen LogP contribution in [0, 0.1) is 0 Å². The third-order valence-electron chi connectivity index (χ3n) is 6.60. The van der Waals surface area contributed by atoms with Crippen molar-refractivity contribution in [3.05, 3.63) is 108 Å². The molecule has 1 aliphatic rings. The molecule has 3 aromatic carbocycles. The molecule has 0 bridgehead atoms. The van der Waals surface area contributed by atoms with E-state index in [0.717, 1.165) is 19.3 Å². The van der Waals surface area contributed by atoms with Gasteiger partial charge in [-0.05, 0) is 29.5 Å². The summed E-state index contributed by atoms with van der Waals surface area (Å²) >= 11 is 1.95. The highest BCUT2D eigenvalue weighted by Crippen LogP contribution is 2.52. The fraction of sp³-hybridized carbons (Fsp3) is 0.345. The lowest BCUT2D eigenvalue weighted by molar-refractivity contribution is 0.194. The fourth-order valence-electron chi connectivity index (χ4n) is 4.88. The highest BCUT2D eigenvalue weighted by Gasteiger charge is 2.43. The normalized spacial score (nSPS) is 18.1. The molecule has 0 saturated carbocycles. The average molecular weight is 474 g/mol. The van der Waals surface area contributed by atoms with Gasteiger partial charge in [-0.15, -0.1) is 11.8 Å². The summed E-state index contributed by atoms with van der Waals surface area (Å²) in [7, 11) is 0. The first kappa shape index (κ1) is 24.4. The molecule has 0 aliphatic carbocycles. The van der Waals surface area contributed by atoms with E-state index >= 15 is 0 Å². The van der Waals surface area contributed by atoms with Gasteiger partial charge in [-0.25, -0.2) is 4.79 Å². The number of hydrogen-bond donors (Lipinski definition) is 2. The molecule has 0 aromatic heterocycles. The van der Waals surface area contributed by atoms with Crippen LogP contribution in [0.1, 0.15) is 42.9 Å². The number of rotatable bonds is 9. The van der Waals surface area contributed by atoms with E-state index in [2.05, 4.69) is 103 Å². The van der Waals surface area contributed by atoms with E-state index in [-0.39, 0.29) is 22.1 Å². The van der Waals surface area contributed by atoms with E-state index in [1.165, 1.54) is 16.7 Å². The molecule has 1 aliphatic heterocycles. The minimum atomic E-state index is -0.387. The van der Waals surface area contributed by atoms with Crippen LogP contribution in [0.4, 0.5) is 4.79 Å². The number of thioether (sulfide) groups is 1. The van der Waals surface area contributed by atoms with Crippen LogP contribution in [0.5, 0.6) is 0 Å². The summed E-state index contributed by atoms with van der Waals surface area (Å²) in [5.74, 6) is 0. The predicted molar refractivity (Wildman–Crippen MR) is 143 cm³/mol. The number of carbonyl (C=O) groups is 1. The van der Waals surface area contributed by atoms with Crippen LogP contribution in [-0.4, -0.2) is 41.9 Å². The van der Waals surface area contributed by atoms with Crippen LogP contribution < -0.4 is 11.1 Å².